The molecular weight excluding hydrogens is 344 g/mol. The minimum atomic E-state index is -0.731. The van der Waals surface area contributed by atoms with E-state index in [1.807, 2.05) is 48.9 Å². The molecular formula is C20H26N4O3. The molecule has 2 amide bonds. The van der Waals surface area contributed by atoms with Crippen LogP contribution in [0.2, 0.25) is 0 Å². The first-order chi connectivity index (χ1) is 12.8. The Morgan fingerprint density at radius 2 is 1.74 bits per heavy atom. The molecule has 1 saturated heterocycles. The third kappa shape index (κ3) is 4.54. The molecule has 1 aliphatic rings. The van der Waals surface area contributed by atoms with E-state index >= 15 is 0 Å². The molecule has 1 N–H and O–H groups in total. The highest BCUT2D eigenvalue weighted by Gasteiger charge is 2.26. The molecule has 7 nitrogen and oxygen atoms in total. The van der Waals surface area contributed by atoms with Gasteiger partial charge in [0.2, 0.25) is 5.91 Å². The van der Waals surface area contributed by atoms with Crippen LogP contribution in [0.4, 0.5) is 0 Å². The summed E-state index contributed by atoms with van der Waals surface area (Å²) in [6, 6.07) is 9.51. The Morgan fingerprint density at radius 3 is 2.33 bits per heavy atom. The highest BCUT2D eigenvalue weighted by molar-refractivity contribution is 5.94. The standard InChI is InChI=1S/C20H26N4O3/c1-14-10-15(2)24(21-14)11-17-4-6-18(7-5-17)20(27)23-9-8-22(16(3)25)12-19(26)13-23/h4-7,10,19,26H,8-9,11-13H2,1-3H3. The minimum Gasteiger partial charge on any atom is -0.389 e. The smallest absolute Gasteiger partial charge is 0.254 e. The largest absolute Gasteiger partial charge is 0.389 e. The van der Waals surface area contributed by atoms with Crippen molar-refractivity contribution in [3.8, 4) is 0 Å². The number of carbonyl (C=O) groups excluding carboxylic acids is 2. The lowest BCUT2D eigenvalue weighted by Gasteiger charge is -2.21. The Bertz CT molecular complexity index is 828. The number of hydrogen-bond donors (Lipinski definition) is 1. The highest BCUT2D eigenvalue weighted by atomic mass is 16.3. The van der Waals surface area contributed by atoms with Crippen LogP contribution in [0.25, 0.3) is 0 Å². The summed E-state index contributed by atoms with van der Waals surface area (Å²) in [4.78, 5) is 27.5. The molecule has 0 aliphatic carbocycles. The van der Waals surface area contributed by atoms with Crippen LogP contribution in [0.5, 0.6) is 0 Å². The summed E-state index contributed by atoms with van der Waals surface area (Å²) in [7, 11) is 0. The van der Waals surface area contributed by atoms with E-state index in [4.69, 9.17) is 0 Å². The van der Waals surface area contributed by atoms with Gasteiger partial charge in [-0.3, -0.25) is 14.3 Å². The normalized spacial score (nSPS) is 17.7. The Hall–Kier alpha value is -2.67. The highest BCUT2D eigenvalue weighted by Crippen LogP contribution is 2.13. The number of carbonyl (C=O) groups is 2. The van der Waals surface area contributed by atoms with Gasteiger partial charge in [0.25, 0.3) is 5.91 Å². The fraction of sp³-hybridized carbons (Fsp3) is 0.450. The van der Waals surface area contributed by atoms with Crippen LogP contribution in [-0.2, 0) is 11.3 Å². The fourth-order valence-electron chi connectivity index (χ4n) is 3.40. The number of rotatable bonds is 3. The second-order valence-electron chi connectivity index (χ2n) is 7.15. The van der Waals surface area contributed by atoms with Gasteiger partial charge < -0.3 is 14.9 Å². The van der Waals surface area contributed by atoms with E-state index < -0.39 is 6.10 Å². The molecule has 2 aromatic rings. The number of benzene rings is 1. The summed E-state index contributed by atoms with van der Waals surface area (Å²) in [6.07, 6.45) is -0.731. The average molecular weight is 370 g/mol. The molecule has 1 aromatic heterocycles. The molecule has 0 radical (unpaired) electrons. The van der Waals surface area contributed by atoms with Gasteiger partial charge in [0.15, 0.2) is 0 Å². The Kier molecular flexibility index (Phi) is 5.60. The Balaban J connectivity index is 1.68. The molecule has 1 atom stereocenters. The molecule has 1 fully saturated rings. The maximum absolute atomic E-state index is 12.8. The molecule has 27 heavy (non-hydrogen) atoms. The molecule has 0 saturated carbocycles. The summed E-state index contributed by atoms with van der Waals surface area (Å²) in [5.74, 6) is -0.214. The number of aliphatic hydroxyl groups excluding tert-OH is 1. The van der Waals surface area contributed by atoms with E-state index in [2.05, 4.69) is 5.10 Å². The molecule has 1 aromatic carbocycles. The second kappa shape index (κ2) is 7.92. The van der Waals surface area contributed by atoms with Crippen molar-refractivity contribution in [2.75, 3.05) is 26.2 Å². The number of aromatic nitrogens is 2. The number of aliphatic hydroxyl groups is 1. The predicted octanol–water partition coefficient (Wildman–Crippen LogP) is 1.21. The number of hydrogen-bond acceptors (Lipinski definition) is 4. The van der Waals surface area contributed by atoms with E-state index in [1.54, 1.807) is 9.80 Å². The van der Waals surface area contributed by atoms with Crippen LogP contribution < -0.4 is 0 Å². The summed E-state index contributed by atoms with van der Waals surface area (Å²) >= 11 is 0. The van der Waals surface area contributed by atoms with Crippen LogP contribution >= 0.6 is 0 Å². The van der Waals surface area contributed by atoms with Crippen molar-refractivity contribution in [1.82, 2.24) is 19.6 Å². The van der Waals surface area contributed by atoms with Crippen molar-refractivity contribution < 1.29 is 14.7 Å². The second-order valence-corrected chi connectivity index (χ2v) is 7.15. The van der Waals surface area contributed by atoms with Gasteiger partial charge in [0.05, 0.1) is 18.3 Å². The SMILES string of the molecule is CC(=O)N1CCN(C(=O)c2ccc(Cn3nc(C)cc3C)cc2)CC(O)C1. The Morgan fingerprint density at radius 1 is 1.11 bits per heavy atom. The predicted molar refractivity (Wildman–Crippen MR) is 101 cm³/mol. The van der Waals surface area contributed by atoms with Crippen LogP contribution in [-0.4, -0.2) is 68.8 Å². The zero-order chi connectivity index (χ0) is 19.6. The van der Waals surface area contributed by atoms with Gasteiger partial charge in [-0.05, 0) is 37.6 Å². The zero-order valence-electron chi connectivity index (χ0n) is 16.1. The molecule has 0 bridgehead atoms. The van der Waals surface area contributed by atoms with E-state index in [1.165, 1.54) is 6.92 Å². The van der Waals surface area contributed by atoms with Gasteiger partial charge in [0, 0.05) is 44.4 Å². The van der Waals surface area contributed by atoms with E-state index in [0.717, 1.165) is 17.0 Å². The zero-order valence-corrected chi connectivity index (χ0v) is 16.1. The molecule has 1 aliphatic heterocycles. The molecule has 0 spiro atoms. The summed E-state index contributed by atoms with van der Waals surface area (Å²) in [6.45, 7) is 7.48. The third-order valence-corrected chi connectivity index (χ3v) is 4.87. The molecule has 144 valence electrons. The van der Waals surface area contributed by atoms with Crippen molar-refractivity contribution in [3.63, 3.8) is 0 Å². The average Bonchev–Trinajstić information content (AvgIpc) is 2.81. The molecule has 1 unspecified atom stereocenters. The quantitative estimate of drug-likeness (QED) is 0.881. The maximum atomic E-state index is 12.8. The lowest BCUT2D eigenvalue weighted by atomic mass is 10.1. The topological polar surface area (TPSA) is 78.7 Å². The first-order valence-electron chi connectivity index (χ1n) is 9.16. The molecule has 3 rings (SSSR count). The van der Waals surface area contributed by atoms with Crippen molar-refractivity contribution in [2.45, 2.75) is 33.4 Å². The van der Waals surface area contributed by atoms with Crippen LogP contribution in [0.3, 0.4) is 0 Å². The number of aryl methyl sites for hydroxylation is 2. The Labute approximate surface area is 159 Å². The van der Waals surface area contributed by atoms with Gasteiger partial charge in [-0.2, -0.15) is 5.10 Å². The van der Waals surface area contributed by atoms with Crippen LogP contribution in [0.1, 0.15) is 34.2 Å². The van der Waals surface area contributed by atoms with E-state index in [9.17, 15) is 14.7 Å². The summed E-state index contributed by atoms with van der Waals surface area (Å²) < 4.78 is 1.94. The summed E-state index contributed by atoms with van der Waals surface area (Å²) in [5, 5.41) is 14.6. The lowest BCUT2D eigenvalue weighted by molar-refractivity contribution is -0.129. The third-order valence-electron chi connectivity index (χ3n) is 4.87. The lowest BCUT2D eigenvalue weighted by Crippen LogP contribution is -2.37. The van der Waals surface area contributed by atoms with E-state index in [-0.39, 0.29) is 24.9 Å². The fourth-order valence-corrected chi connectivity index (χ4v) is 3.40. The van der Waals surface area contributed by atoms with Crippen LogP contribution in [0.15, 0.2) is 30.3 Å². The van der Waals surface area contributed by atoms with Gasteiger partial charge in [-0.1, -0.05) is 12.1 Å². The number of nitrogens with zero attached hydrogens (tertiary/aromatic N) is 4. The van der Waals surface area contributed by atoms with Crippen molar-refractivity contribution >= 4 is 11.8 Å². The van der Waals surface area contributed by atoms with Crippen molar-refractivity contribution in [2.24, 2.45) is 0 Å². The van der Waals surface area contributed by atoms with Crippen molar-refractivity contribution in [1.29, 1.82) is 0 Å². The van der Waals surface area contributed by atoms with Crippen molar-refractivity contribution in [3.05, 3.63) is 52.8 Å². The molecule has 2 heterocycles. The van der Waals surface area contributed by atoms with Gasteiger partial charge in [0.1, 0.15) is 0 Å². The monoisotopic (exact) mass is 370 g/mol. The number of amides is 2. The van der Waals surface area contributed by atoms with E-state index in [0.29, 0.717) is 25.2 Å². The number of β-amino-alcohol motifs (C(OH)–C–C–N with tert-alkyl or cyclic N) is 1. The summed E-state index contributed by atoms with van der Waals surface area (Å²) in [5.41, 5.74) is 3.73. The first kappa shape index (κ1) is 19.1. The minimum absolute atomic E-state index is 0.0862. The maximum Gasteiger partial charge on any atom is 0.254 e. The molecule has 7 heteroatoms. The van der Waals surface area contributed by atoms with Crippen LogP contribution in [0, 0.1) is 13.8 Å². The van der Waals surface area contributed by atoms with Gasteiger partial charge in [-0.15, -0.1) is 0 Å². The first-order valence-corrected chi connectivity index (χ1v) is 9.16. The van der Waals surface area contributed by atoms with Gasteiger partial charge >= 0.3 is 0 Å². The van der Waals surface area contributed by atoms with Gasteiger partial charge in [-0.25, -0.2) is 0 Å².